The van der Waals surface area contributed by atoms with Gasteiger partial charge in [-0.25, -0.2) is 19.9 Å². The second-order valence-corrected chi connectivity index (χ2v) is 12.6. The van der Waals surface area contributed by atoms with Crippen LogP contribution < -0.4 is 0 Å². The highest BCUT2D eigenvalue weighted by atomic mass is 16.3. The number of aromatic nitrogens is 4. The molecular weight excluding hydrogens is 625 g/mol. The summed E-state index contributed by atoms with van der Waals surface area (Å²) < 4.78 is 6.34. The Balaban J connectivity index is 1.17. The number of nitrogens with zero attached hydrogens (tertiary/aromatic N) is 4. The van der Waals surface area contributed by atoms with E-state index in [1.54, 1.807) is 0 Å². The van der Waals surface area contributed by atoms with Crippen molar-refractivity contribution in [1.29, 1.82) is 0 Å². The molecule has 0 radical (unpaired) electrons. The van der Waals surface area contributed by atoms with E-state index < -0.39 is 0 Å². The number of para-hydroxylation sites is 1. The second kappa shape index (κ2) is 11.9. The summed E-state index contributed by atoms with van der Waals surface area (Å²) in [7, 11) is 0. The fourth-order valence-electron chi connectivity index (χ4n) is 7.12. The zero-order valence-electron chi connectivity index (χ0n) is 27.4. The van der Waals surface area contributed by atoms with Gasteiger partial charge in [0.05, 0.1) is 5.52 Å². The molecule has 0 fully saturated rings. The first kappa shape index (κ1) is 29.0. The van der Waals surface area contributed by atoms with Crippen molar-refractivity contribution in [3.8, 4) is 56.4 Å². The van der Waals surface area contributed by atoms with Crippen molar-refractivity contribution in [3.63, 3.8) is 0 Å². The number of benzene rings is 7. The van der Waals surface area contributed by atoms with Crippen molar-refractivity contribution in [2.24, 2.45) is 0 Å². The summed E-state index contributed by atoms with van der Waals surface area (Å²) in [4.78, 5) is 20.1. The Kier molecular flexibility index (Phi) is 6.74. The predicted octanol–water partition coefficient (Wildman–Crippen LogP) is 11.8. The molecule has 5 nitrogen and oxygen atoms in total. The molecule has 0 amide bonds. The molecule has 0 saturated heterocycles. The smallest absolute Gasteiger partial charge is 0.227 e. The molecule has 0 aliphatic heterocycles. The van der Waals surface area contributed by atoms with Crippen LogP contribution >= 0.6 is 0 Å². The average Bonchev–Trinajstić information content (AvgIpc) is 3.57. The lowest BCUT2D eigenvalue weighted by atomic mass is 9.92. The summed E-state index contributed by atoms with van der Waals surface area (Å²) in [5.41, 5.74) is 9.60. The highest BCUT2D eigenvalue weighted by Gasteiger charge is 2.19. The van der Waals surface area contributed by atoms with Crippen molar-refractivity contribution >= 4 is 43.7 Å². The van der Waals surface area contributed by atoms with E-state index in [0.717, 1.165) is 77.0 Å². The minimum atomic E-state index is 0.620. The van der Waals surface area contributed by atoms with Crippen LogP contribution in [-0.4, -0.2) is 19.9 Å². The predicted molar refractivity (Wildman–Crippen MR) is 207 cm³/mol. The van der Waals surface area contributed by atoms with Crippen molar-refractivity contribution in [2.45, 2.75) is 0 Å². The Bertz CT molecular complexity index is 2920. The van der Waals surface area contributed by atoms with E-state index in [1.807, 2.05) is 60.7 Å². The van der Waals surface area contributed by atoms with Gasteiger partial charge in [0.15, 0.2) is 17.5 Å². The van der Waals surface area contributed by atoms with Crippen molar-refractivity contribution in [1.82, 2.24) is 19.9 Å². The summed E-state index contributed by atoms with van der Waals surface area (Å²) in [5, 5.41) is 5.28. The standard InChI is InChI=1S/C46H28N4O/c1-3-13-29(14-4-1)31-18-11-19-33(27-31)44-48-43(30-15-5-2-6-16-30)49-45(50-44)38-26-25-36(34-20-8-9-21-35(34)38)37-22-12-24-41-42(37)39-28-32-17-7-10-23-40(32)47-46(39)51-41/h1-28H. The summed E-state index contributed by atoms with van der Waals surface area (Å²) in [5.74, 6) is 1.87. The SMILES string of the molecule is c1ccc(-c2cccc(-c3nc(-c4ccccc4)nc(-c4ccc(-c5cccc6oc7nc8ccccc8cc7c56)c5ccccc45)n3)c2)cc1. The van der Waals surface area contributed by atoms with E-state index in [9.17, 15) is 0 Å². The Hall–Kier alpha value is -6.98. The van der Waals surface area contributed by atoms with Crippen LogP contribution in [0.2, 0.25) is 0 Å². The molecule has 0 aliphatic carbocycles. The number of furan rings is 1. The van der Waals surface area contributed by atoms with E-state index in [-0.39, 0.29) is 0 Å². The maximum Gasteiger partial charge on any atom is 0.227 e. The molecule has 0 N–H and O–H groups in total. The van der Waals surface area contributed by atoms with E-state index in [2.05, 4.69) is 109 Å². The van der Waals surface area contributed by atoms with Crippen LogP contribution in [0.4, 0.5) is 0 Å². The van der Waals surface area contributed by atoms with Gasteiger partial charge in [0.1, 0.15) is 5.58 Å². The van der Waals surface area contributed by atoms with Crippen LogP contribution in [0.1, 0.15) is 0 Å². The maximum absolute atomic E-state index is 6.34. The molecule has 7 aromatic carbocycles. The van der Waals surface area contributed by atoms with E-state index >= 15 is 0 Å². The molecular formula is C46H28N4O. The minimum absolute atomic E-state index is 0.620. The van der Waals surface area contributed by atoms with Crippen LogP contribution in [0.3, 0.4) is 0 Å². The number of hydrogen-bond acceptors (Lipinski definition) is 5. The van der Waals surface area contributed by atoms with Crippen LogP contribution in [-0.2, 0) is 0 Å². The van der Waals surface area contributed by atoms with Gasteiger partial charge >= 0.3 is 0 Å². The topological polar surface area (TPSA) is 64.7 Å². The summed E-state index contributed by atoms with van der Waals surface area (Å²) in [6, 6.07) is 58.3. The maximum atomic E-state index is 6.34. The van der Waals surface area contributed by atoms with E-state index in [0.29, 0.717) is 23.2 Å². The highest BCUT2D eigenvalue weighted by molar-refractivity contribution is 6.17. The largest absolute Gasteiger partial charge is 0.438 e. The molecule has 51 heavy (non-hydrogen) atoms. The van der Waals surface area contributed by atoms with Gasteiger partial charge in [-0.05, 0) is 63.4 Å². The number of pyridine rings is 1. The molecule has 10 rings (SSSR count). The first-order valence-corrected chi connectivity index (χ1v) is 17.0. The number of fused-ring (bicyclic) bond motifs is 5. The normalized spacial score (nSPS) is 11.5. The molecule has 3 heterocycles. The van der Waals surface area contributed by atoms with E-state index in [1.165, 1.54) is 0 Å². The third kappa shape index (κ3) is 5.03. The van der Waals surface area contributed by atoms with Crippen molar-refractivity contribution in [3.05, 3.63) is 170 Å². The van der Waals surface area contributed by atoms with Gasteiger partial charge in [-0.15, -0.1) is 0 Å². The molecule has 238 valence electrons. The molecule has 0 aliphatic rings. The Morgan fingerprint density at radius 2 is 0.961 bits per heavy atom. The van der Waals surface area contributed by atoms with Gasteiger partial charge in [0, 0.05) is 32.8 Å². The molecule has 0 unspecified atom stereocenters. The lowest BCUT2D eigenvalue weighted by Gasteiger charge is -2.14. The van der Waals surface area contributed by atoms with Crippen LogP contribution in [0.25, 0.3) is 100 Å². The van der Waals surface area contributed by atoms with Gasteiger partial charge in [-0.1, -0.05) is 140 Å². The van der Waals surface area contributed by atoms with E-state index in [4.69, 9.17) is 24.4 Å². The molecule has 0 saturated carbocycles. The molecule has 10 aromatic rings. The summed E-state index contributed by atoms with van der Waals surface area (Å²) in [6.45, 7) is 0. The Labute approximate surface area is 293 Å². The third-order valence-electron chi connectivity index (χ3n) is 9.54. The summed E-state index contributed by atoms with van der Waals surface area (Å²) in [6.07, 6.45) is 0. The molecule has 0 atom stereocenters. The van der Waals surface area contributed by atoms with Crippen LogP contribution in [0.5, 0.6) is 0 Å². The lowest BCUT2D eigenvalue weighted by molar-refractivity contribution is 0.656. The highest BCUT2D eigenvalue weighted by Crippen LogP contribution is 2.42. The molecule has 3 aromatic heterocycles. The van der Waals surface area contributed by atoms with Crippen LogP contribution in [0, 0.1) is 0 Å². The molecule has 0 bridgehead atoms. The lowest BCUT2D eigenvalue weighted by Crippen LogP contribution is -2.01. The first-order chi connectivity index (χ1) is 25.3. The monoisotopic (exact) mass is 652 g/mol. The fourth-order valence-corrected chi connectivity index (χ4v) is 7.12. The Morgan fingerprint density at radius 3 is 1.78 bits per heavy atom. The fraction of sp³-hybridized carbons (Fsp3) is 0. The van der Waals surface area contributed by atoms with Crippen molar-refractivity contribution < 1.29 is 4.42 Å². The molecule has 0 spiro atoms. The average molecular weight is 653 g/mol. The van der Waals surface area contributed by atoms with Gasteiger partial charge in [-0.3, -0.25) is 0 Å². The minimum Gasteiger partial charge on any atom is -0.438 e. The zero-order valence-corrected chi connectivity index (χ0v) is 27.4. The second-order valence-electron chi connectivity index (χ2n) is 12.6. The zero-order chi connectivity index (χ0) is 33.7. The number of rotatable bonds is 5. The van der Waals surface area contributed by atoms with Gasteiger partial charge in [0.25, 0.3) is 0 Å². The Morgan fingerprint density at radius 1 is 0.353 bits per heavy atom. The van der Waals surface area contributed by atoms with Gasteiger partial charge in [-0.2, -0.15) is 0 Å². The van der Waals surface area contributed by atoms with Crippen LogP contribution in [0.15, 0.2) is 174 Å². The number of hydrogen-bond donors (Lipinski definition) is 0. The first-order valence-electron chi connectivity index (χ1n) is 17.0. The quantitative estimate of drug-likeness (QED) is 0.185. The summed E-state index contributed by atoms with van der Waals surface area (Å²) >= 11 is 0. The third-order valence-corrected chi connectivity index (χ3v) is 9.54. The van der Waals surface area contributed by atoms with Crippen molar-refractivity contribution in [2.75, 3.05) is 0 Å². The molecule has 5 heteroatoms. The van der Waals surface area contributed by atoms with Gasteiger partial charge < -0.3 is 4.42 Å². The van der Waals surface area contributed by atoms with Gasteiger partial charge in [0.2, 0.25) is 5.71 Å².